The number of nitrogens with two attached hydrogens (primary N) is 1. The minimum atomic E-state index is -0.405. The molecule has 4 N–H and O–H groups in total. The Bertz CT molecular complexity index is 403. The average molecular weight is 248 g/mol. The van der Waals surface area contributed by atoms with E-state index < -0.39 is 5.91 Å². The molecule has 1 aliphatic rings. The fourth-order valence-corrected chi connectivity index (χ4v) is 2.39. The summed E-state index contributed by atoms with van der Waals surface area (Å²) in [4.78, 5) is 10.9. The van der Waals surface area contributed by atoms with Crippen molar-refractivity contribution in [3.05, 3.63) is 35.4 Å². The minimum absolute atomic E-state index is 0.189. The first kappa shape index (κ1) is 13.1. The molecule has 0 bridgehead atoms. The Morgan fingerprint density at radius 3 is 2.56 bits per heavy atom. The second kappa shape index (κ2) is 5.98. The van der Waals surface area contributed by atoms with Crippen molar-refractivity contribution < 1.29 is 9.90 Å². The van der Waals surface area contributed by atoms with E-state index in [1.807, 2.05) is 12.1 Å². The highest BCUT2D eigenvalue weighted by Gasteiger charge is 2.21. The lowest BCUT2D eigenvalue weighted by atomic mass is 9.92. The first-order valence-electron chi connectivity index (χ1n) is 6.47. The Labute approximate surface area is 107 Å². The number of carbonyl (C=O) groups excluding carboxylic acids is 1. The summed E-state index contributed by atoms with van der Waals surface area (Å²) in [6, 6.07) is 7.44. The highest BCUT2D eigenvalue weighted by molar-refractivity contribution is 5.92. The van der Waals surface area contributed by atoms with Crippen molar-refractivity contribution in [3.8, 4) is 0 Å². The van der Waals surface area contributed by atoms with Crippen LogP contribution in [0.25, 0.3) is 0 Å². The molecule has 1 fully saturated rings. The highest BCUT2D eigenvalue weighted by atomic mass is 16.3. The maximum Gasteiger partial charge on any atom is 0.248 e. The third-order valence-corrected chi connectivity index (χ3v) is 3.54. The van der Waals surface area contributed by atoms with Crippen LogP contribution < -0.4 is 11.1 Å². The topological polar surface area (TPSA) is 75.4 Å². The lowest BCUT2D eigenvalue weighted by Crippen LogP contribution is -2.41. The fraction of sp³-hybridized carbons (Fsp3) is 0.500. The van der Waals surface area contributed by atoms with Gasteiger partial charge in [-0.2, -0.15) is 0 Å². The standard InChI is InChI=1S/C14H20N2O2/c15-14(18)11-7-5-10(6-8-11)9-16-12-3-1-2-4-13(12)17/h5-8,12-13,16-17H,1-4,9H2,(H2,15,18). The van der Waals surface area contributed by atoms with Gasteiger partial charge in [-0.3, -0.25) is 4.79 Å². The normalized spacial score (nSPS) is 23.8. The van der Waals surface area contributed by atoms with Crippen molar-refractivity contribution in [3.63, 3.8) is 0 Å². The molecule has 2 atom stereocenters. The monoisotopic (exact) mass is 248 g/mol. The van der Waals surface area contributed by atoms with Gasteiger partial charge in [0, 0.05) is 18.2 Å². The summed E-state index contributed by atoms with van der Waals surface area (Å²) in [7, 11) is 0. The Morgan fingerprint density at radius 2 is 1.94 bits per heavy atom. The molecular formula is C14H20N2O2. The molecule has 0 heterocycles. The van der Waals surface area contributed by atoms with Crippen molar-refractivity contribution in [2.75, 3.05) is 0 Å². The zero-order valence-corrected chi connectivity index (χ0v) is 10.4. The van der Waals surface area contributed by atoms with Crippen LogP contribution in [-0.2, 0) is 6.54 Å². The van der Waals surface area contributed by atoms with Gasteiger partial charge in [-0.25, -0.2) is 0 Å². The van der Waals surface area contributed by atoms with Crippen LogP contribution in [0.15, 0.2) is 24.3 Å². The maximum absolute atomic E-state index is 10.9. The Kier molecular flexibility index (Phi) is 4.33. The molecule has 1 saturated carbocycles. The van der Waals surface area contributed by atoms with Gasteiger partial charge in [0.05, 0.1) is 6.10 Å². The summed E-state index contributed by atoms with van der Waals surface area (Å²) in [5, 5.41) is 13.2. The number of nitrogens with one attached hydrogen (secondary N) is 1. The SMILES string of the molecule is NC(=O)c1ccc(CNC2CCCCC2O)cc1. The van der Waals surface area contributed by atoms with Crippen molar-refractivity contribution in [2.24, 2.45) is 5.73 Å². The van der Waals surface area contributed by atoms with Gasteiger partial charge in [0.25, 0.3) is 0 Å². The van der Waals surface area contributed by atoms with Gasteiger partial charge >= 0.3 is 0 Å². The largest absolute Gasteiger partial charge is 0.392 e. The summed E-state index contributed by atoms with van der Waals surface area (Å²) in [6.07, 6.45) is 3.98. The molecule has 1 amide bonds. The maximum atomic E-state index is 10.9. The van der Waals surface area contributed by atoms with Crippen molar-refractivity contribution in [2.45, 2.75) is 44.4 Å². The van der Waals surface area contributed by atoms with Crippen molar-refractivity contribution in [1.29, 1.82) is 0 Å². The first-order chi connectivity index (χ1) is 8.66. The van der Waals surface area contributed by atoms with Gasteiger partial charge in [-0.15, -0.1) is 0 Å². The van der Waals surface area contributed by atoms with Gasteiger partial charge in [0.15, 0.2) is 0 Å². The van der Waals surface area contributed by atoms with Crippen LogP contribution in [0.2, 0.25) is 0 Å². The van der Waals surface area contributed by atoms with Gasteiger partial charge in [0.2, 0.25) is 5.91 Å². The Morgan fingerprint density at radius 1 is 1.28 bits per heavy atom. The van der Waals surface area contributed by atoms with Gasteiger partial charge in [-0.1, -0.05) is 25.0 Å². The third kappa shape index (κ3) is 3.31. The average Bonchev–Trinajstić information content (AvgIpc) is 2.38. The molecule has 0 radical (unpaired) electrons. The lowest BCUT2D eigenvalue weighted by Gasteiger charge is -2.28. The predicted molar refractivity (Wildman–Crippen MR) is 70.1 cm³/mol. The zero-order valence-electron chi connectivity index (χ0n) is 10.4. The molecule has 4 nitrogen and oxygen atoms in total. The van der Waals surface area contributed by atoms with E-state index in [1.54, 1.807) is 12.1 Å². The number of aliphatic hydroxyl groups is 1. The third-order valence-electron chi connectivity index (χ3n) is 3.54. The molecule has 4 heteroatoms. The number of hydrogen-bond acceptors (Lipinski definition) is 3. The van der Waals surface area contributed by atoms with E-state index in [1.165, 1.54) is 6.42 Å². The Hall–Kier alpha value is -1.39. The van der Waals surface area contributed by atoms with Crippen molar-refractivity contribution >= 4 is 5.91 Å². The number of amides is 1. The molecular weight excluding hydrogens is 228 g/mol. The first-order valence-corrected chi connectivity index (χ1v) is 6.47. The fourth-order valence-electron chi connectivity index (χ4n) is 2.39. The van der Waals surface area contributed by atoms with E-state index in [-0.39, 0.29) is 12.1 Å². The minimum Gasteiger partial charge on any atom is -0.392 e. The number of rotatable bonds is 4. The van der Waals surface area contributed by atoms with E-state index in [4.69, 9.17) is 5.73 Å². The number of benzene rings is 1. The molecule has 2 unspecified atom stereocenters. The van der Waals surface area contributed by atoms with E-state index in [9.17, 15) is 9.90 Å². The van der Waals surface area contributed by atoms with Crippen LogP contribution in [0, 0.1) is 0 Å². The summed E-state index contributed by atoms with van der Waals surface area (Å²) in [5.74, 6) is -0.405. The molecule has 0 saturated heterocycles. The molecule has 0 aliphatic heterocycles. The molecule has 1 aromatic rings. The number of carbonyl (C=O) groups is 1. The second-order valence-electron chi connectivity index (χ2n) is 4.90. The van der Waals surface area contributed by atoms with Crippen LogP contribution in [0.1, 0.15) is 41.6 Å². The van der Waals surface area contributed by atoms with Crippen LogP contribution in [0.3, 0.4) is 0 Å². The number of primary amides is 1. The summed E-state index contributed by atoms with van der Waals surface area (Å²) in [5.41, 5.74) is 6.80. The number of hydrogen-bond donors (Lipinski definition) is 3. The van der Waals surface area contributed by atoms with Crippen LogP contribution in [0.5, 0.6) is 0 Å². The van der Waals surface area contributed by atoms with Gasteiger partial charge < -0.3 is 16.2 Å². The van der Waals surface area contributed by atoms with E-state index in [0.717, 1.165) is 24.8 Å². The van der Waals surface area contributed by atoms with E-state index in [2.05, 4.69) is 5.32 Å². The van der Waals surface area contributed by atoms with Gasteiger partial charge in [-0.05, 0) is 30.5 Å². The highest BCUT2D eigenvalue weighted by Crippen LogP contribution is 2.18. The number of aliphatic hydroxyl groups excluding tert-OH is 1. The molecule has 0 aromatic heterocycles. The molecule has 1 aromatic carbocycles. The second-order valence-corrected chi connectivity index (χ2v) is 4.90. The summed E-state index contributed by atoms with van der Waals surface area (Å²) in [6.45, 7) is 0.709. The smallest absolute Gasteiger partial charge is 0.248 e. The van der Waals surface area contributed by atoms with Crippen LogP contribution in [-0.4, -0.2) is 23.2 Å². The molecule has 0 spiro atoms. The molecule has 98 valence electrons. The van der Waals surface area contributed by atoms with E-state index >= 15 is 0 Å². The predicted octanol–water partition coefficient (Wildman–Crippen LogP) is 1.18. The van der Waals surface area contributed by atoms with E-state index in [0.29, 0.717) is 12.1 Å². The van der Waals surface area contributed by atoms with Gasteiger partial charge in [0.1, 0.15) is 0 Å². The summed E-state index contributed by atoms with van der Waals surface area (Å²) < 4.78 is 0. The Balaban J connectivity index is 1.87. The lowest BCUT2D eigenvalue weighted by molar-refractivity contribution is 0.0902. The summed E-state index contributed by atoms with van der Waals surface area (Å²) >= 11 is 0. The van der Waals surface area contributed by atoms with Crippen LogP contribution >= 0.6 is 0 Å². The zero-order chi connectivity index (χ0) is 13.0. The molecule has 18 heavy (non-hydrogen) atoms. The molecule has 2 rings (SSSR count). The van der Waals surface area contributed by atoms with Crippen LogP contribution in [0.4, 0.5) is 0 Å². The molecule has 1 aliphatic carbocycles. The quantitative estimate of drug-likeness (QED) is 0.749. The van der Waals surface area contributed by atoms with Crippen molar-refractivity contribution in [1.82, 2.24) is 5.32 Å².